The average Bonchev–Trinajstić information content (AvgIpc) is 3.10. The number of halogens is 1. The molecule has 5 heteroatoms. The molecule has 0 atom stereocenters. The van der Waals surface area contributed by atoms with Gasteiger partial charge in [-0.2, -0.15) is 0 Å². The number of rotatable bonds is 3. The lowest BCUT2D eigenvalue weighted by Gasteiger charge is -2.34. The third-order valence-electron chi connectivity index (χ3n) is 5.36. The largest absolute Gasteiger partial charge is 0.371 e. The predicted molar refractivity (Wildman–Crippen MR) is 102 cm³/mol. The minimum absolute atomic E-state index is 0.172. The zero-order chi connectivity index (χ0) is 18.1. The van der Waals surface area contributed by atoms with E-state index < -0.39 is 0 Å². The van der Waals surface area contributed by atoms with Crippen molar-refractivity contribution in [2.75, 3.05) is 18.0 Å². The van der Waals surface area contributed by atoms with E-state index in [0.29, 0.717) is 11.5 Å². The molecule has 0 aliphatic carbocycles. The van der Waals surface area contributed by atoms with Crippen LogP contribution in [-0.2, 0) is 0 Å². The van der Waals surface area contributed by atoms with Gasteiger partial charge in [-0.3, -0.25) is 4.98 Å². The number of anilines is 1. The molecule has 0 radical (unpaired) electrons. The number of aromatic amines is 1. The second-order valence-electron chi connectivity index (χ2n) is 7.03. The molecule has 26 heavy (non-hydrogen) atoms. The number of nitrogens with zero attached hydrogens (tertiary/aromatic N) is 3. The van der Waals surface area contributed by atoms with Crippen molar-refractivity contribution in [3.63, 3.8) is 0 Å². The lowest BCUT2D eigenvalue weighted by atomic mass is 9.91. The Balaban J connectivity index is 1.58. The summed E-state index contributed by atoms with van der Waals surface area (Å²) in [5, 5.41) is 0. The first-order chi connectivity index (χ1) is 12.6. The molecule has 1 aromatic carbocycles. The van der Waals surface area contributed by atoms with Crippen molar-refractivity contribution in [1.82, 2.24) is 15.0 Å². The lowest BCUT2D eigenvalue weighted by molar-refractivity contribution is 0.496. The number of aromatic nitrogens is 3. The summed E-state index contributed by atoms with van der Waals surface area (Å²) in [7, 11) is 0. The Morgan fingerprint density at radius 3 is 2.65 bits per heavy atom. The summed E-state index contributed by atoms with van der Waals surface area (Å²) < 4.78 is 13.6. The first-order valence-corrected chi connectivity index (χ1v) is 9.09. The van der Waals surface area contributed by atoms with Crippen LogP contribution in [0, 0.1) is 19.7 Å². The topological polar surface area (TPSA) is 44.8 Å². The van der Waals surface area contributed by atoms with Crippen LogP contribution >= 0.6 is 0 Å². The number of piperidine rings is 1. The van der Waals surface area contributed by atoms with E-state index in [0.717, 1.165) is 37.1 Å². The van der Waals surface area contributed by atoms with Gasteiger partial charge in [-0.1, -0.05) is 6.07 Å². The zero-order valence-electron chi connectivity index (χ0n) is 15.2. The highest BCUT2D eigenvalue weighted by Gasteiger charge is 2.25. The minimum atomic E-state index is -0.172. The van der Waals surface area contributed by atoms with Gasteiger partial charge in [-0.05, 0) is 56.0 Å². The van der Waals surface area contributed by atoms with E-state index in [2.05, 4.69) is 32.8 Å². The molecular formula is C21H23FN4. The van der Waals surface area contributed by atoms with Crippen LogP contribution in [0.2, 0.25) is 0 Å². The standard InChI is InChI=1S/C21H23FN4/c1-14-11-17(3-4-19(14)22)18-12-23-8-5-20(18)26-9-6-16(7-10-26)21-15(2)24-13-25-21/h3-5,8,11-13,16H,6-7,9-10H2,1-2H3,(H,24,25). The maximum Gasteiger partial charge on any atom is 0.126 e. The third-order valence-corrected chi connectivity index (χ3v) is 5.36. The van der Waals surface area contributed by atoms with Gasteiger partial charge in [0.15, 0.2) is 0 Å². The molecule has 1 N–H and O–H groups in total. The minimum Gasteiger partial charge on any atom is -0.371 e. The fraction of sp³-hybridized carbons (Fsp3) is 0.333. The van der Waals surface area contributed by atoms with Crippen LogP contribution in [0.3, 0.4) is 0 Å². The van der Waals surface area contributed by atoms with Gasteiger partial charge in [-0.25, -0.2) is 9.37 Å². The van der Waals surface area contributed by atoms with Gasteiger partial charge in [0, 0.05) is 48.3 Å². The van der Waals surface area contributed by atoms with Crippen molar-refractivity contribution < 1.29 is 4.39 Å². The molecule has 0 spiro atoms. The van der Waals surface area contributed by atoms with Gasteiger partial charge in [0.2, 0.25) is 0 Å². The molecule has 0 bridgehead atoms. The smallest absolute Gasteiger partial charge is 0.126 e. The number of H-pyrrole nitrogens is 1. The van der Waals surface area contributed by atoms with E-state index in [4.69, 9.17) is 0 Å². The van der Waals surface area contributed by atoms with E-state index in [9.17, 15) is 4.39 Å². The van der Waals surface area contributed by atoms with Crippen molar-refractivity contribution in [2.45, 2.75) is 32.6 Å². The first kappa shape index (κ1) is 16.8. The molecule has 1 fully saturated rings. The Bertz CT molecular complexity index is 910. The molecular weight excluding hydrogens is 327 g/mol. The molecule has 0 amide bonds. The van der Waals surface area contributed by atoms with Crippen molar-refractivity contribution in [3.8, 4) is 11.1 Å². The second-order valence-corrected chi connectivity index (χ2v) is 7.03. The monoisotopic (exact) mass is 350 g/mol. The van der Waals surface area contributed by atoms with E-state index >= 15 is 0 Å². The maximum absolute atomic E-state index is 13.6. The second kappa shape index (κ2) is 6.90. The van der Waals surface area contributed by atoms with Gasteiger partial charge in [0.1, 0.15) is 5.82 Å². The van der Waals surface area contributed by atoms with Crippen LogP contribution in [0.4, 0.5) is 10.1 Å². The van der Waals surface area contributed by atoms with Crippen LogP contribution in [0.15, 0.2) is 43.0 Å². The summed E-state index contributed by atoms with van der Waals surface area (Å²) in [6.45, 7) is 5.85. The Morgan fingerprint density at radius 1 is 1.15 bits per heavy atom. The number of imidazole rings is 1. The third kappa shape index (κ3) is 3.09. The van der Waals surface area contributed by atoms with E-state index in [-0.39, 0.29) is 5.82 Å². The Morgan fingerprint density at radius 2 is 1.96 bits per heavy atom. The average molecular weight is 350 g/mol. The highest BCUT2D eigenvalue weighted by molar-refractivity contribution is 5.78. The van der Waals surface area contributed by atoms with Crippen molar-refractivity contribution in [1.29, 1.82) is 0 Å². The predicted octanol–water partition coefficient (Wildman–Crippen LogP) is 4.61. The number of benzene rings is 1. The van der Waals surface area contributed by atoms with E-state index in [1.807, 2.05) is 24.5 Å². The maximum atomic E-state index is 13.6. The fourth-order valence-electron chi connectivity index (χ4n) is 3.87. The molecule has 0 unspecified atom stereocenters. The Labute approximate surface area is 153 Å². The quantitative estimate of drug-likeness (QED) is 0.750. The number of hydrogen-bond donors (Lipinski definition) is 1. The normalized spacial score (nSPS) is 15.4. The SMILES string of the molecule is Cc1cc(-c2cnccc2N2CCC(c3nc[nH]c3C)CC2)ccc1F. The number of pyridine rings is 1. The highest BCUT2D eigenvalue weighted by atomic mass is 19.1. The molecule has 4 nitrogen and oxygen atoms in total. The molecule has 0 saturated carbocycles. The fourth-order valence-corrected chi connectivity index (χ4v) is 3.87. The number of nitrogens with one attached hydrogen (secondary N) is 1. The van der Waals surface area contributed by atoms with Gasteiger partial charge in [0.05, 0.1) is 12.0 Å². The Kier molecular flexibility index (Phi) is 4.45. The Hall–Kier alpha value is -2.69. The highest BCUT2D eigenvalue weighted by Crippen LogP contribution is 2.35. The zero-order valence-corrected chi connectivity index (χ0v) is 15.2. The van der Waals surface area contributed by atoms with Gasteiger partial charge >= 0.3 is 0 Å². The van der Waals surface area contributed by atoms with Gasteiger partial charge in [0.25, 0.3) is 0 Å². The summed E-state index contributed by atoms with van der Waals surface area (Å²) in [4.78, 5) is 14.4. The lowest BCUT2D eigenvalue weighted by Crippen LogP contribution is -2.33. The molecule has 3 aromatic rings. The van der Waals surface area contributed by atoms with Crippen molar-refractivity contribution >= 4 is 5.69 Å². The van der Waals surface area contributed by atoms with Gasteiger partial charge in [-0.15, -0.1) is 0 Å². The molecule has 1 aliphatic rings. The molecule has 2 aromatic heterocycles. The van der Waals surface area contributed by atoms with Crippen LogP contribution in [-0.4, -0.2) is 28.0 Å². The summed E-state index contributed by atoms with van der Waals surface area (Å²) in [5.74, 6) is 0.338. The van der Waals surface area contributed by atoms with Crippen molar-refractivity contribution in [2.24, 2.45) is 0 Å². The number of aryl methyl sites for hydroxylation is 2. The molecule has 1 aliphatic heterocycles. The molecule has 1 saturated heterocycles. The van der Waals surface area contributed by atoms with Crippen LogP contribution in [0.25, 0.3) is 11.1 Å². The van der Waals surface area contributed by atoms with Crippen LogP contribution in [0.1, 0.15) is 35.7 Å². The summed E-state index contributed by atoms with van der Waals surface area (Å²) in [5.41, 5.74) is 6.28. The van der Waals surface area contributed by atoms with E-state index in [1.165, 1.54) is 23.1 Å². The summed E-state index contributed by atoms with van der Waals surface area (Å²) in [6.07, 6.45) is 7.66. The molecule has 3 heterocycles. The summed E-state index contributed by atoms with van der Waals surface area (Å²) >= 11 is 0. The van der Waals surface area contributed by atoms with Gasteiger partial charge < -0.3 is 9.88 Å². The van der Waals surface area contributed by atoms with Crippen LogP contribution in [0.5, 0.6) is 0 Å². The van der Waals surface area contributed by atoms with Crippen LogP contribution < -0.4 is 4.90 Å². The molecule has 134 valence electrons. The summed E-state index contributed by atoms with van der Waals surface area (Å²) in [6, 6.07) is 7.33. The first-order valence-electron chi connectivity index (χ1n) is 9.09. The van der Waals surface area contributed by atoms with E-state index in [1.54, 1.807) is 13.3 Å². The molecule has 4 rings (SSSR count). The van der Waals surface area contributed by atoms with Crippen molar-refractivity contribution in [3.05, 3.63) is 65.8 Å². The number of hydrogen-bond acceptors (Lipinski definition) is 3.